The molecule has 0 saturated carbocycles. The molecule has 88 valence electrons. The van der Waals surface area contributed by atoms with E-state index in [1.165, 1.54) is 12.3 Å². The van der Waals surface area contributed by atoms with E-state index in [1.807, 2.05) is 0 Å². The Labute approximate surface area is 97.3 Å². The second-order valence-electron chi connectivity index (χ2n) is 3.58. The van der Waals surface area contributed by atoms with Crippen LogP contribution in [0.15, 0.2) is 34.9 Å². The van der Waals surface area contributed by atoms with E-state index in [-0.39, 0.29) is 12.2 Å². The van der Waals surface area contributed by atoms with E-state index in [2.05, 4.69) is 4.98 Å². The van der Waals surface area contributed by atoms with Crippen molar-refractivity contribution in [3.63, 3.8) is 0 Å². The lowest BCUT2D eigenvalue weighted by atomic mass is 10.2. The molecule has 0 atom stereocenters. The van der Waals surface area contributed by atoms with E-state index in [1.54, 1.807) is 18.2 Å². The smallest absolute Gasteiger partial charge is 0.303 e. The minimum absolute atomic E-state index is 0.00860. The van der Waals surface area contributed by atoms with Crippen LogP contribution in [0.25, 0.3) is 11.5 Å². The molecule has 2 rings (SSSR count). The molecule has 0 radical (unpaired) electrons. The molecule has 2 N–H and O–H groups in total. The van der Waals surface area contributed by atoms with Crippen LogP contribution in [0.1, 0.15) is 12.2 Å². The van der Waals surface area contributed by atoms with E-state index in [0.29, 0.717) is 23.6 Å². The number of nitrogens with zero attached hydrogens (tertiary/aromatic N) is 1. The molecule has 0 bridgehead atoms. The van der Waals surface area contributed by atoms with Crippen molar-refractivity contribution >= 4 is 5.97 Å². The van der Waals surface area contributed by atoms with Crippen LogP contribution in [-0.4, -0.2) is 21.2 Å². The summed E-state index contributed by atoms with van der Waals surface area (Å²) >= 11 is 0. The molecule has 1 aromatic heterocycles. The molecule has 0 aliphatic rings. The normalized spacial score (nSPS) is 10.4. The Morgan fingerprint density at radius 3 is 2.94 bits per heavy atom. The van der Waals surface area contributed by atoms with Gasteiger partial charge in [0.05, 0.1) is 12.6 Å². The Hall–Kier alpha value is -2.30. The number of aliphatic carboxylic acids is 1. The Morgan fingerprint density at radius 2 is 2.24 bits per heavy atom. The van der Waals surface area contributed by atoms with E-state index >= 15 is 0 Å². The predicted molar refractivity (Wildman–Crippen MR) is 59.6 cm³/mol. The number of aromatic nitrogens is 1. The average molecular weight is 233 g/mol. The third-order valence-corrected chi connectivity index (χ3v) is 2.23. The third kappa shape index (κ3) is 2.84. The number of aromatic hydroxyl groups is 1. The van der Waals surface area contributed by atoms with Crippen molar-refractivity contribution in [2.45, 2.75) is 12.8 Å². The van der Waals surface area contributed by atoms with Gasteiger partial charge in [-0.1, -0.05) is 6.07 Å². The van der Waals surface area contributed by atoms with Crippen LogP contribution in [0.5, 0.6) is 5.75 Å². The topological polar surface area (TPSA) is 83.6 Å². The summed E-state index contributed by atoms with van der Waals surface area (Å²) < 4.78 is 5.39. The Bertz CT molecular complexity index is 533. The number of phenols is 1. The number of hydrogen-bond donors (Lipinski definition) is 2. The number of benzene rings is 1. The predicted octanol–water partition coefficient (Wildman–Crippen LogP) is 2.06. The molecule has 0 aliphatic carbocycles. The Kier molecular flexibility index (Phi) is 3.09. The van der Waals surface area contributed by atoms with Gasteiger partial charge in [-0.2, -0.15) is 0 Å². The molecule has 1 aromatic carbocycles. The summed E-state index contributed by atoms with van der Waals surface area (Å²) in [5, 5.41) is 17.9. The zero-order valence-electron chi connectivity index (χ0n) is 8.96. The largest absolute Gasteiger partial charge is 0.508 e. The molecule has 1 heterocycles. The van der Waals surface area contributed by atoms with Crippen LogP contribution in [0.2, 0.25) is 0 Å². The molecule has 5 heteroatoms. The van der Waals surface area contributed by atoms with Crippen LogP contribution < -0.4 is 0 Å². The highest BCUT2D eigenvalue weighted by molar-refractivity contribution is 5.67. The monoisotopic (exact) mass is 233 g/mol. The molecular formula is C12H11NO4. The van der Waals surface area contributed by atoms with Gasteiger partial charge in [0.1, 0.15) is 11.5 Å². The first-order valence-electron chi connectivity index (χ1n) is 5.11. The maximum Gasteiger partial charge on any atom is 0.303 e. The molecule has 0 spiro atoms. The second kappa shape index (κ2) is 4.69. The molecule has 0 unspecified atom stereocenters. The minimum Gasteiger partial charge on any atom is -0.508 e. The zero-order chi connectivity index (χ0) is 12.3. The summed E-state index contributed by atoms with van der Waals surface area (Å²) in [5.41, 5.74) is 0.659. The van der Waals surface area contributed by atoms with Crippen molar-refractivity contribution in [2.24, 2.45) is 0 Å². The summed E-state index contributed by atoms with van der Waals surface area (Å²) in [4.78, 5) is 14.4. The first kappa shape index (κ1) is 11.2. The maximum atomic E-state index is 10.4. The fourth-order valence-corrected chi connectivity index (χ4v) is 1.43. The molecule has 2 aromatic rings. The van der Waals surface area contributed by atoms with Gasteiger partial charge in [0.25, 0.3) is 0 Å². The first-order valence-corrected chi connectivity index (χ1v) is 5.11. The second-order valence-corrected chi connectivity index (χ2v) is 3.58. The van der Waals surface area contributed by atoms with Crippen molar-refractivity contribution in [2.75, 3.05) is 0 Å². The quantitative estimate of drug-likeness (QED) is 0.844. The highest BCUT2D eigenvalue weighted by atomic mass is 16.4. The average Bonchev–Trinajstić information content (AvgIpc) is 2.75. The van der Waals surface area contributed by atoms with Gasteiger partial charge >= 0.3 is 5.97 Å². The number of rotatable bonds is 4. The van der Waals surface area contributed by atoms with Crippen LogP contribution in [0, 0.1) is 0 Å². The number of aryl methyl sites for hydroxylation is 1. The number of carboxylic acids is 1. The van der Waals surface area contributed by atoms with Gasteiger partial charge in [0.2, 0.25) is 5.89 Å². The van der Waals surface area contributed by atoms with E-state index in [0.717, 1.165) is 0 Å². The van der Waals surface area contributed by atoms with Crippen LogP contribution in [0.4, 0.5) is 0 Å². The van der Waals surface area contributed by atoms with Crippen molar-refractivity contribution in [3.05, 3.63) is 36.2 Å². The van der Waals surface area contributed by atoms with Gasteiger partial charge in [-0.25, -0.2) is 4.98 Å². The molecular weight excluding hydrogens is 222 g/mol. The number of phenolic OH excluding ortho intramolecular Hbond substituents is 1. The van der Waals surface area contributed by atoms with Crippen LogP contribution in [0.3, 0.4) is 0 Å². The van der Waals surface area contributed by atoms with Gasteiger partial charge in [0.15, 0.2) is 0 Å². The van der Waals surface area contributed by atoms with E-state index < -0.39 is 5.97 Å². The zero-order valence-corrected chi connectivity index (χ0v) is 8.96. The summed E-state index contributed by atoms with van der Waals surface area (Å²) in [5.74, 6) is 0.153. The minimum atomic E-state index is -0.875. The molecule has 5 nitrogen and oxygen atoms in total. The Morgan fingerprint density at radius 1 is 1.41 bits per heavy atom. The Balaban J connectivity index is 2.15. The van der Waals surface area contributed by atoms with E-state index in [4.69, 9.17) is 9.52 Å². The van der Waals surface area contributed by atoms with Gasteiger partial charge in [-0.15, -0.1) is 0 Å². The first-order chi connectivity index (χ1) is 8.15. The standard InChI is InChI=1S/C12H11NO4/c14-9-3-1-2-8(6-9)12-13-7-10(17-12)4-5-11(15)16/h1-3,6-7,14H,4-5H2,(H,15,16). The fourth-order valence-electron chi connectivity index (χ4n) is 1.43. The SMILES string of the molecule is O=C(O)CCc1cnc(-c2cccc(O)c2)o1. The van der Waals surface area contributed by atoms with Gasteiger partial charge < -0.3 is 14.6 Å². The van der Waals surface area contributed by atoms with Gasteiger partial charge in [-0.3, -0.25) is 4.79 Å². The lowest BCUT2D eigenvalue weighted by molar-refractivity contribution is -0.137. The summed E-state index contributed by atoms with van der Waals surface area (Å²) in [6.45, 7) is 0. The van der Waals surface area contributed by atoms with Gasteiger partial charge in [0, 0.05) is 12.0 Å². The third-order valence-electron chi connectivity index (χ3n) is 2.23. The van der Waals surface area contributed by atoms with Crippen molar-refractivity contribution < 1.29 is 19.4 Å². The highest BCUT2D eigenvalue weighted by Gasteiger charge is 2.08. The maximum absolute atomic E-state index is 10.4. The summed E-state index contributed by atoms with van der Waals surface area (Å²) in [6, 6.07) is 6.53. The lowest BCUT2D eigenvalue weighted by Gasteiger charge is -1.96. The number of carbonyl (C=O) groups is 1. The van der Waals surface area contributed by atoms with Crippen LogP contribution >= 0.6 is 0 Å². The van der Waals surface area contributed by atoms with Crippen molar-refractivity contribution in [1.82, 2.24) is 4.98 Å². The molecule has 0 amide bonds. The van der Waals surface area contributed by atoms with Crippen molar-refractivity contribution in [1.29, 1.82) is 0 Å². The molecule has 17 heavy (non-hydrogen) atoms. The summed E-state index contributed by atoms with van der Waals surface area (Å²) in [7, 11) is 0. The number of carboxylic acid groups (broad SMARTS) is 1. The molecule has 0 fully saturated rings. The number of hydrogen-bond acceptors (Lipinski definition) is 4. The molecule has 0 saturated heterocycles. The van der Waals surface area contributed by atoms with Gasteiger partial charge in [-0.05, 0) is 18.2 Å². The molecule has 0 aliphatic heterocycles. The lowest BCUT2D eigenvalue weighted by Crippen LogP contribution is -1.96. The van der Waals surface area contributed by atoms with Crippen LogP contribution in [-0.2, 0) is 11.2 Å². The summed E-state index contributed by atoms with van der Waals surface area (Å²) in [6.07, 6.45) is 1.82. The van der Waals surface area contributed by atoms with E-state index in [9.17, 15) is 9.90 Å². The fraction of sp³-hybridized carbons (Fsp3) is 0.167. The number of oxazole rings is 1. The van der Waals surface area contributed by atoms with Crippen molar-refractivity contribution in [3.8, 4) is 17.2 Å². The highest BCUT2D eigenvalue weighted by Crippen LogP contribution is 2.23.